The smallest absolute Gasteiger partial charge is 0.256 e. The van der Waals surface area contributed by atoms with Crippen molar-refractivity contribution in [2.24, 2.45) is 7.05 Å². The molecule has 2 N–H and O–H groups in total. The number of hydrogen-bond donors (Lipinski definition) is 2. The molecule has 1 fully saturated rings. The minimum Gasteiger partial charge on any atom is -0.490 e. The molecule has 0 unspecified atom stereocenters. The summed E-state index contributed by atoms with van der Waals surface area (Å²) in [6, 6.07) is 15.2. The molecule has 0 atom stereocenters. The standard InChI is InChI=1S/C29H32N4O3/c1-33-27(19-34)26(18-31-33)21-9-10-22-17-30-28(16-23(22)15-21)32-29(35)20-11-13-25(14-12-20)36-24-7-5-3-2-4-6-8-24/h9-18,24,34H,2-8,19H2,1H3,(H,30,32,35). The molecule has 7 nitrogen and oxygen atoms in total. The van der Waals surface area contributed by atoms with Crippen LogP contribution >= 0.6 is 0 Å². The Hall–Kier alpha value is -3.71. The number of amides is 1. The second-order valence-corrected chi connectivity index (χ2v) is 9.48. The number of carbonyl (C=O) groups is 1. The fraction of sp³-hybridized carbons (Fsp3) is 0.345. The zero-order valence-corrected chi connectivity index (χ0v) is 20.6. The van der Waals surface area contributed by atoms with Crippen LogP contribution in [0.3, 0.4) is 0 Å². The largest absolute Gasteiger partial charge is 0.490 e. The summed E-state index contributed by atoms with van der Waals surface area (Å²) in [5.74, 6) is 1.07. The summed E-state index contributed by atoms with van der Waals surface area (Å²) in [7, 11) is 1.81. The zero-order valence-electron chi connectivity index (χ0n) is 20.6. The molecule has 0 spiro atoms. The number of pyridine rings is 1. The van der Waals surface area contributed by atoms with Gasteiger partial charge in [-0.15, -0.1) is 0 Å². The monoisotopic (exact) mass is 484 g/mol. The number of hydrogen-bond acceptors (Lipinski definition) is 5. The molecular weight excluding hydrogens is 452 g/mol. The number of ether oxygens (including phenoxy) is 1. The van der Waals surface area contributed by atoms with Crippen molar-refractivity contribution in [1.29, 1.82) is 0 Å². The Balaban J connectivity index is 1.28. The Bertz CT molecular complexity index is 1340. The van der Waals surface area contributed by atoms with Crippen LogP contribution in [0.4, 0.5) is 5.82 Å². The number of nitrogens with one attached hydrogen (secondary N) is 1. The van der Waals surface area contributed by atoms with Gasteiger partial charge in [0.15, 0.2) is 0 Å². The third-order valence-electron chi connectivity index (χ3n) is 6.96. The maximum absolute atomic E-state index is 12.9. The van der Waals surface area contributed by atoms with E-state index in [0.717, 1.165) is 46.2 Å². The minimum absolute atomic E-state index is 0.0913. The molecule has 1 aliphatic carbocycles. The molecule has 0 bridgehead atoms. The average molecular weight is 485 g/mol. The summed E-state index contributed by atoms with van der Waals surface area (Å²) in [5.41, 5.74) is 3.13. The zero-order chi connectivity index (χ0) is 24.9. The fourth-order valence-corrected chi connectivity index (χ4v) is 4.87. The Kier molecular flexibility index (Phi) is 7.28. The van der Waals surface area contributed by atoms with Gasteiger partial charge in [0.1, 0.15) is 11.6 Å². The van der Waals surface area contributed by atoms with Gasteiger partial charge in [0.05, 0.1) is 24.6 Å². The Labute approximate surface area is 211 Å². The first-order chi connectivity index (χ1) is 17.6. The maximum Gasteiger partial charge on any atom is 0.256 e. The molecule has 1 saturated carbocycles. The summed E-state index contributed by atoms with van der Waals surface area (Å²) in [4.78, 5) is 17.3. The molecule has 0 saturated heterocycles. The van der Waals surface area contributed by atoms with Crippen molar-refractivity contribution in [3.8, 4) is 16.9 Å². The third-order valence-corrected chi connectivity index (χ3v) is 6.96. The highest BCUT2D eigenvalue weighted by Gasteiger charge is 2.14. The molecule has 4 aromatic rings. The lowest BCUT2D eigenvalue weighted by molar-refractivity contribution is 0.102. The minimum atomic E-state index is -0.217. The van der Waals surface area contributed by atoms with Crippen molar-refractivity contribution >= 4 is 22.5 Å². The third kappa shape index (κ3) is 5.41. The number of aromatic nitrogens is 3. The number of anilines is 1. The van der Waals surface area contributed by atoms with Crippen molar-refractivity contribution < 1.29 is 14.6 Å². The molecule has 2 aromatic carbocycles. The molecule has 186 valence electrons. The lowest BCUT2D eigenvalue weighted by Crippen LogP contribution is -2.18. The van der Waals surface area contributed by atoms with Gasteiger partial charge in [0, 0.05) is 29.8 Å². The topological polar surface area (TPSA) is 89.3 Å². The van der Waals surface area contributed by atoms with E-state index in [0.29, 0.717) is 11.4 Å². The van der Waals surface area contributed by atoms with Gasteiger partial charge in [-0.05, 0) is 73.0 Å². The number of benzene rings is 2. The number of aliphatic hydroxyl groups is 1. The van der Waals surface area contributed by atoms with E-state index in [4.69, 9.17) is 4.74 Å². The van der Waals surface area contributed by atoms with Gasteiger partial charge in [0.2, 0.25) is 0 Å². The lowest BCUT2D eigenvalue weighted by atomic mass is 9.98. The van der Waals surface area contributed by atoms with Gasteiger partial charge in [-0.3, -0.25) is 9.48 Å². The fourth-order valence-electron chi connectivity index (χ4n) is 4.87. The van der Waals surface area contributed by atoms with E-state index >= 15 is 0 Å². The first-order valence-corrected chi connectivity index (χ1v) is 12.7. The summed E-state index contributed by atoms with van der Waals surface area (Å²) in [6.45, 7) is -0.0913. The van der Waals surface area contributed by atoms with Gasteiger partial charge in [-0.25, -0.2) is 4.98 Å². The molecule has 1 aliphatic rings. The summed E-state index contributed by atoms with van der Waals surface area (Å²) >= 11 is 0. The van der Waals surface area contributed by atoms with Crippen LogP contribution in [-0.4, -0.2) is 31.9 Å². The highest BCUT2D eigenvalue weighted by atomic mass is 16.5. The van der Waals surface area contributed by atoms with Crippen LogP contribution in [-0.2, 0) is 13.7 Å². The number of fused-ring (bicyclic) bond motifs is 1. The molecule has 2 heterocycles. The molecule has 5 rings (SSSR count). The predicted octanol–water partition coefficient (Wildman–Crippen LogP) is 5.87. The van der Waals surface area contributed by atoms with Crippen LogP contribution in [0.1, 0.15) is 61.0 Å². The molecule has 2 aromatic heterocycles. The van der Waals surface area contributed by atoms with E-state index in [-0.39, 0.29) is 18.6 Å². The molecule has 0 radical (unpaired) electrons. The lowest BCUT2D eigenvalue weighted by Gasteiger charge is -2.21. The first kappa shape index (κ1) is 24.0. The predicted molar refractivity (Wildman–Crippen MR) is 141 cm³/mol. The second kappa shape index (κ2) is 10.9. The summed E-state index contributed by atoms with van der Waals surface area (Å²) in [5, 5.41) is 18.8. The van der Waals surface area contributed by atoms with E-state index in [9.17, 15) is 9.90 Å². The van der Waals surface area contributed by atoms with E-state index in [1.165, 1.54) is 32.1 Å². The van der Waals surface area contributed by atoms with Gasteiger partial charge in [-0.2, -0.15) is 5.10 Å². The second-order valence-electron chi connectivity index (χ2n) is 9.48. The van der Waals surface area contributed by atoms with Crippen molar-refractivity contribution in [1.82, 2.24) is 14.8 Å². The van der Waals surface area contributed by atoms with Crippen molar-refractivity contribution in [2.75, 3.05) is 5.32 Å². The van der Waals surface area contributed by atoms with Crippen molar-refractivity contribution in [2.45, 2.75) is 57.7 Å². The van der Waals surface area contributed by atoms with Gasteiger partial charge >= 0.3 is 0 Å². The average Bonchev–Trinajstić information content (AvgIpc) is 3.25. The number of aryl methyl sites for hydroxylation is 1. The molecule has 0 aliphatic heterocycles. The molecule has 1 amide bonds. The number of carbonyl (C=O) groups excluding carboxylic acids is 1. The van der Waals surface area contributed by atoms with Crippen LogP contribution in [0.25, 0.3) is 21.9 Å². The number of aliphatic hydroxyl groups excluding tert-OH is 1. The number of nitrogens with zero attached hydrogens (tertiary/aromatic N) is 3. The SMILES string of the molecule is Cn1ncc(-c2ccc3cnc(NC(=O)c4ccc(OC5CCCCCCC5)cc4)cc3c2)c1CO. The van der Waals surface area contributed by atoms with Crippen LogP contribution < -0.4 is 10.1 Å². The molecular formula is C29H32N4O3. The van der Waals surface area contributed by atoms with Crippen molar-refractivity contribution in [3.63, 3.8) is 0 Å². The molecule has 7 heteroatoms. The van der Waals surface area contributed by atoms with E-state index in [2.05, 4.69) is 15.4 Å². The van der Waals surface area contributed by atoms with Crippen LogP contribution in [0.15, 0.2) is 60.9 Å². The first-order valence-electron chi connectivity index (χ1n) is 12.7. The van der Waals surface area contributed by atoms with Crippen LogP contribution in [0.5, 0.6) is 5.75 Å². The summed E-state index contributed by atoms with van der Waals surface area (Å²) in [6.07, 6.45) is 12.3. The van der Waals surface area contributed by atoms with E-state index < -0.39 is 0 Å². The Morgan fingerprint density at radius 2 is 1.75 bits per heavy atom. The van der Waals surface area contributed by atoms with Crippen LogP contribution in [0.2, 0.25) is 0 Å². The summed E-state index contributed by atoms with van der Waals surface area (Å²) < 4.78 is 7.86. The van der Waals surface area contributed by atoms with Gasteiger partial charge in [-0.1, -0.05) is 31.4 Å². The Morgan fingerprint density at radius 1 is 1.00 bits per heavy atom. The highest BCUT2D eigenvalue weighted by Crippen LogP contribution is 2.28. The quantitative estimate of drug-likeness (QED) is 0.357. The van der Waals surface area contributed by atoms with Gasteiger partial charge in [0.25, 0.3) is 5.91 Å². The normalized spacial score (nSPS) is 14.8. The van der Waals surface area contributed by atoms with Gasteiger partial charge < -0.3 is 15.2 Å². The van der Waals surface area contributed by atoms with E-state index in [1.807, 2.05) is 43.4 Å². The van der Waals surface area contributed by atoms with Crippen molar-refractivity contribution in [3.05, 3.63) is 72.2 Å². The Morgan fingerprint density at radius 3 is 2.50 bits per heavy atom. The highest BCUT2D eigenvalue weighted by molar-refractivity contribution is 6.04. The molecule has 36 heavy (non-hydrogen) atoms. The maximum atomic E-state index is 12.9. The van der Waals surface area contributed by atoms with Crippen LogP contribution in [0, 0.1) is 0 Å². The number of rotatable bonds is 6. The van der Waals surface area contributed by atoms with E-state index in [1.54, 1.807) is 29.2 Å².